The Morgan fingerprint density at radius 3 is 0.938 bits per heavy atom. The van der Waals surface area contributed by atoms with Crippen LogP contribution in [0.3, 0.4) is 0 Å². The molecule has 1 rings (SSSR count). The van der Waals surface area contributed by atoms with Crippen LogP contribution in [0.5, 0.6) is 0 Å². The maximum atomic E-state index is 9.93. The molecule has 0 bridgehead atoms. The van der Waals surface area contributed by atoms with Crippen molar-refractivity contribution in [1.29, 1.82) is 0 Å². The number of aliphatic hydroxyl groups excluding tert-OH is 1. The van der Waals surface area contributed by atoms with E-state index >= 15 is 0 Å². The Hall–Kier alpha value is 0.260. The van der Waals surface area contributed by atoms with Crippen LogP contribution in [0.25, 0.3) is 0 Å². The molecule has 9 heteroatoms. The van der Waals surface area contributed by atoms with E-state index in [9.17, 15) is 9.13 Å². The van der Waals surface area contributed by atoms with Gasteiger partial charge in [0, 0.05) is 0 Å². The number of hydrogen-bond acceptors (Lipinski definition) is 3. The first-order chi connectivity index (χ1) is 7.15. The SMILES string of the molecule is C1CCCCC1.O=P(O)(O)C(O)P(=O)(O)O. The predicted octanol–water partition coefficient (Wildman–Crippen LogP) is 0.958. The maximum absolute atomic E-state index is 9.93. The molecule has 16 heavy (non-hydrogen) atoms. The molecule has 1 saturated carbocycles. The van der Waals surface area contributed by atoms with Gasteiger partial charge in [0.05, 0.1) is 0 Å². The van der Waals surface area contributed by atoms with Gasteiger partial charge >= 0.3 is 15.2 Å². The van der Waals surface area contributed by atoms with E-state index in [-0.39, 0.29) is 0 Å². The summed E-state index contributed by atoms with van der Waals surface area (Å²) in [6, 6.07) is 0. The van der Waals surface area contributed by atoms with Crippen molar-refractivity contribution < 1.29 is 33.8 Å². The third-order valence-electron chi connectivity index (χ3n) is 2.10. The molecule has 0 radical (unpaired) electrons. The number of aliphatic hydroxyl groups is 1. The van der Waals surface area contributed by atoms with Crippen molar-refractivity contribution >= 4 is 15.2 Å². The quantitative estimate of drug-likeness (QED) is 0.474. The fourth-order valence-corrected chi connectivity index (χ4v) is 2.82. The minimum absolute atomic E-state index is 1.50. The molecule has 7 nitrogen and oxygen atoms in total. The van der Waals surface area contributed by atoms with Gasteiger partial charge in [0.2, 0.25) is 0 Å². The molecule has 1 fully saturated rings. The zero-order valence-corrected chi connectivity index (χ0v) is 10.6. The fourth-order valence-electron chi connectivity index (χ4n) is 1.26. The molecule has 0 aliphatic heterocycles. The average molecular weight is 276 g/mol. The van der Waals surface area contributed by atoms with Gasteiger partial charge in [-0.2, -0.15) is 0 Å². The highest BCUT2D eigenvalue weighted by molar-refractivity contribution is 7.70. The second kappa shape index (κ2) is 6.87. The van der Waals surface area contributed by atoms with E-state index in [4.69, 9.17) is 24.7 Å². The monoisotopic (exact) mass is 276 g/mol. The smallest absolute Gasteiger partial charge is 0.366 e. The van der Waals surface area contributed by atoms with Crippen LogP contribution in [0.1, 0.15) is 38.5 Å². The molecule has 0 aromatic rings. The summed E-state index contributed by atoms with van der Waals surface area (Å²) in [4.78, 5) is 32.0. The molecular weight excluding hydrogens is 258 g/mol. The van der Waals surface area contributed by atoms with Gasteiger partial charge in [0.25, 0.3) is 5.59 Å². The van der Waals surface area contributed by atoms with Crippen molar-refractivity contribution in [2.45, 2.75) is 44.1 Å². The van der Waals surface area contributed by atoms with Gasteiger partial charge in [-0.3, -0.25) is 9.13 Å². The second-order valence-electron chi connectivity index (χ2n) is 3.65. The molecule has 0 aromatic carbocycles. The zero-order chi connectivity index (χ0) is 12.8. The van der Waals surface area contributed by atoms with Crippen LogP contribution in [-0.2, 0) is 9.13 Å². The molecule has 0 spiro atoms. The summed E-state index contributed by atoms with van der Waals surface area (Å²) in [5.41, 5.74) is -2.90. The topological polar surface area (TPSA) is 135 Å². The standard InChI is InChI=1S/C6H12.CH6O7P2/c1-2-4-6-5-3-1;2-1(9(3,4)5)10(6,7)8/h1-6H2;1-2H,(H2,3,4,5)(H2,6,7,8). The van der Waals surface area contributed by atoms with E-state index in [1.165, 1.54) is 38.5 Å². The summed E-state index contributed by atoms with van der Waals surface area (Å²) < 4.78 is 19.9. The third kappa shape index (κ3) is 7.52. The lowest BCUT2D eigenvalue weighted by atomic mass is 10.0. The summed E-state index contributed by atoms with van der Waals surface area (Å²) in [5, 5.41) is 8.20. The van der Waals surface area contributed by atoms with E-state index < -0.39 is 20.8 Å². The Morgan fingerprint density at radius 1 is 0.688 bits per heavy atom. The summed E-state index contributed by atoms with van der Waals surface area (Å²) in [6.45, 7) is 0. The molecule has 0 atom stereocenters. The maximum Gasteiger partial charge on any atom is 0.366 e. The highest BCUT2D eigenvalue weighted by Crippen LogP contribution is 2.58. The van der Waals surface area contributed by atoms with E-state index in [1.54, 1.807) is 0 Å². The molecule has 0 unspecified atom stereocenters. The van der Waals surface area contributed by atoms with Gasteiger partial charge < -0.3 is 24.7 Å². The summed E-state index contributed by atoms with van der Waals surface area (Å²) in [6.07, 6.45) is 9.00. The Kier molecular flexibility index (Phi) is 6.98. The van der Waals surface area contributed by atoms with Crippen LogP contribution < -0.4 is 0 Å². The molecule has 0 heterocycles. The van der Waals surface area contributed by atoms with Crippen LogP contribution in [0.15, 0.2) is 0 Å². The third-order valence-corrected chi connectivity index (χ3v) is 5.11. The van der Waals surface area contributed by atoms with Crippen LogP contribution in [0, 0.1) is 0 Å². The summed E-state index contributed by atoms with van der Waals surface area (Å²) in [5.74, 6) is 0. The molecule has 0 aromatic heterocycles. The lowest BCUT2D eigenvalue weighted by Gasteiger charge is -2.12. The minimum Gasteiger partial charge on any atom is -0.370 e. The van der Waals surface area contributed by atoms with E-state index in [1.807, 2.05) is 0 Å². The van der Waals surface area contributed by atoms with E-state index in [2.05, 4.69) is 0 Å². The first-order valence-electron chi connectivity index (χ1n) is 4.94. The molecule has 1 aliphatic carbocycles. The molecular formula is C7H18O7P2. The van der Waals surface area contributed by atoms with Gasteiger partial charge in [0.15, 0.2) is 0 Å². The largest absolute Gasteiger partial charge is 0.370 e. The molecule has 5 N–H and O–H groups in total. The van der Waals surface area contributed by atoms with Crippen molar-refractivity contribution in [1.82, 2.24) is 0 Å². The lowest BCUT2D eigenvalue weighted by Crippen LogP contribution is -2.06. The summed E-state index contributed by atoms with van der Waals surface area (Å²) in [7, 11) is -10.2. The first-order valence-corrected chi connectivity index (χ1v) is 8.30. The van der Waals surface area contributed by atoms with Crippen LogP contribution in [0.2, 0.25) is 0 Å². The van der Waals surface area contributed by atoms with Gasteiger partial charge in [-0.05, 0) is 0 Å². The minimum atomic E-state index is -5.09. The van der Waals surface area contributed by atoms with Crippen LogP contribution in [-0.4, -0.2) is 30.3 Å². The van der Waals surface area contributed by atoms with Crippen molar-refractivity contribution in [3.8, 4) is 0 Å². The first kappa shape index (κ1) is 16.3. The van der Waals surface area contributed by atoms with Crippen molar-refractivity contribution in [3.63, 3.8) is 0 Å². The molecule has 1 aliphatic rings. The predicted molar refractivity (Wildman–Crippen MR) is 57.8 cm³/mol. The molecule has 0 amide bonds. The van der Waals surface area contributed by atoms with Crippen LogP contribution in [0.4, 0.5) is 0 Å². The van der Waals surface area contributed by atoms with Gasteiger partial charge in [0.1, 0.15) is 0 Å². The van der Waals surface area contributed by atoms with Crippen molar-refractivity contribution in [2.24, 2.45) is 0 Å². The normalized spacial score (nSPS) is 17.9. The molecule has 0 saturated heterocycles. The van der Waals surface area contributed by atoms with Crippen LogP contribution >= 0.6 is 15.2 Å². The highest BCUT2D eigenvalue weighted by Gasteiger charge is 2.41. The Bertz CT molecular complexity index is 243. The zero-order valence-electron chi connectivity index (χ0n) is 8.77. The van der Waals surface area contributed by atoms with Crippen molar-refractivity contribution in [3.05, 3.63) is 0 Å². The Morgan fingerprint density at radius 2 is 0.875 bits per heavy atom. The number of hydrogen-bond donors (Lipinski definition) is 5. The fraction of sp³-hybridized carbons (Fsp3) is 1.00. The van der Waals surface area contributed by atoms with Crippen molar-refractivity contribution in [2.75, 3.05) is 0 Å². The average Bonchev–Trinajstić information content (AvgIpc) is 2.17. The Labute approximate surface area is 93.8 Å². The van der Waals surface area contributed by atoms with E-state index in [0.29, 0.717) is 0 Å². The lowest BCUT2D eigenvalue weighted by molar-refractivity contribution is 0.220. The van der Waals surface area contributed by atoms with E-state index in [0.717, 1.165) is 0 Å². The second-order valence-corrected chi connectivity index (χ2v) is 7.39. The Balaban J connectivity index is 0.000000315. The number of rotatable bonds is 2. The molecule has 98 valence electrons. The summed E-state index contributed by atoms with van der Waals surface area (Å²) >= 11 is 0. The highest BCUT2D eigenvalue weighted by atomic mass is 31.2. The van der Waals surface area contributed by atoms with Gasteiger partial charge in [-0.25, -0.2) is 0 Å². The van der Waals surface area contributed by atoms with Gasteiger partial charge in [-0.15, -0.1) is 0 Å². The van der Waals surface area contributed by atoms with Gasteiger partial charge in [-0.1, -0.05) is 38.5 Å².